The maximum atomic E-state index is 12.1. The van der Waals surface area contributed by atoms with E-state index in [0.29, 0.717) is 0 Å². The van der Waals surface area contributed by atoms with Crippen molar-refractivity contribution in [3.05, 3.63) is 10.1 Å². The minimum absolute atomic E-state index is 0.0619. The second kappa shape index (κ2) is 7.78. The maximum absolute atomic E-state index is 12.1. The molecule has 0 aliphatic carbocycles. The monoisotopic (exact) mass is 290 g/mol. The van der Waals surface area contributed by atoms with E-state index in [9.17, 15) is 19.7 Å². The summed E-state index contributed by atoms with van der Waals surface area (Å²) in [6.07, 6.45) is -0.0469. The van der Waals surface area contributed by atoms with Crippen LogP contribution in [0.15, 0.2) is 0 Å². The quantitative estimate of drug-likeness (QED) is 0.376. The molecule has 0 aliphatic heterocycles. The first-order chi connectivity index (χ1) is 9.26. The number of carbonyl (C=O) groups excluding carboxylic acids is 2. The molecule has 0 aromatic carbocycles. The van der Waals surface area contributed by atoms with Crippen LogP contribution in [0.25, 0.3) is 0 Å². The average molecular weight is 290 g/mol. The molecule has 0 aromatic heterocycles. The summed E-state index contributed by atoms with van der Waals surface area (Å²) in [4.78, 5) is 39.0. The fraction of sp³-hybridized carbons (Fsp3) is 0.833. The molecule has 0 bridgehead atoms. The third-order valence-electron chi connectivity index (χ3n) is 3.73. The molecule has 8 nitrogen and oxygen atoms in total. The van der Waals surface area contributed by atoms with Gasteiger partial charge in [0, 0.05) is 24.8 Å². The van der Waals surface area contributed by atoms with Crippen molar-refractivity contribution in [2.24, 2.45) is 5.92 Å². The van der Waals surface area contributed by atoms with E-state index >= 15 is 0 Å². The summed E-state index contributed by atoms with van der Waals surface area (Å²) >= 11 is 0. The van der Waals surface area contributed by atoms with Crippen LogP contribution in [0.3, 0.4) is 0 Å². The zero-order chi connectivity index (χ0) is 15.9. The summed E-state index contributed by atoms with van der Waals surface area (Å²) < 4.78 is 4.50. The Labute approximate surface area is 118 Å². The molecule has 2 atom stereocenters. The Kier molecular flexibility index (Phi) is 7.12. The zero-order valence-corrected chi connectivity index (χ0v) is 12.5. The second-order valence-electron chi connectivity index (χ2n) is 4.53. The number of amides is 1. The van der Waals surface area contributed by atoms with Gasteiger partial charge in [0.05, 0.1) is 20.6 Å². The summed E-state index contributed by atoms with van der Waals surface area (Å²) in [5, 5.41) is 12.4. The molecule has 0 saturated heterocycles. The van der Waals surface area contributed by atoms with Gasteiger partial charge in [0.2, 0.25) is 5.54 Å². The first kappa shape index (κ1) is 18.3. The number of ether oxygens (including phenoxy) is 1. The molecule has 0 heterocycles. The van der Waals surface area contributed by atoms with Gasteiger partial charge in [0.1, 0.15) is 5.92 Å². The maximum Gasteiger partial charge on any atom is 0.305 e. The normalized spacial score (nSPS) is 15.1. The van der Waals surface area contributed by atoms with E-state index < -0.39 is 28.3 Å². The number of nitrogens with zero attached hydrogens (tertiary/aromatic N) is 2. The third-order valence-corrected chi connectivity index (χ3v) is 3.73. The van der Waals surface area contributed by atoms with E-state index in [1.165, 1.54) is 28.2 Å². The second-order valence-corrected chi connectivity index (χ2v) is 4.53. The molecule has 0 aliphatic rings. The van der Waals surface area contributed by atoms with Crippen LogP contribution in [-0.4, -0.2) is 48.7 Å². The lowest BCUT2D eigenvalue weighted by molar-refractivity contribution is -0.579. The smallest absolute Gasteiger partial charge is 0.305 e. The van der Waals surface area contributed by atoms with Gasteiger partial charge in [-0.2, -0.15) is 0 Å². The average Bonchev–Trinajstić information content (AvgIpc) is 2.45. The Hall–Kier alpha value is -1.70. The van der Waals surface area contributed by atoms with Crippen LogP contribution in [-0.2, 0) is 19.2 Å². The molecule has 0 fully saturated rings. The fourth-order valence-corrected chi connectivity index (χ4v) is 2.09. The van der Waals surface area contributed by atoms with Crippen molar-refractivity contribution in [1.82, 2.24) is 5.06 Å². The molecule has 0 N–H and O–H groups in total. The number of rotatable bonds is 8. The van der Waals surface area contributed by atoms with Gasteiger partial charge in [0.15, 0.2) is 0 Å². The summed E-state index contributed by atoms with van der Waals surface area (Å²) in [6, 6.07) is 0. The standard InChI is InChI=1S/C12H22N2O6/c1-6-12(14(17)18,8-7-10(15)19-4)9(2)11(16)13(3)20-5/h9H,6-8H2,1-5H3/t9-,12+/m1/s1. The molecule has 0 unspecified atom stereocenters. The van der Waals surface area contributed by atoms with Crippen molar-refractivity contribution >= 4 is 11.9 Å². The topological polar surface area (TPSA) is 99.0 Å². The van der Waals surface area contributed by atoms with Crippen LogP contribution in [0.5, 0.6) is 0 Å². The van der Waals surface area contributed by atoms with Gasteiger partial charge < -0.3 is 4.74 Å². The van der Waals surface area contributed by atoms with Crippen LogP contribution < -0.4 is 0 Å². The summed E-state index contributed by atoms with van der Waals surface area (Å²) in [5.74, 6) is -1.96. The van der Waals surface area contributed by atoms with E-state index in [1.54, 1.807) is 6.92 Å². The van der Waals surface area contributed by atoms with Gasteiger partial charge in [-0.05, 0) is 6.92 Å². The molecular formula is C12H22N2O6. The van der Waals surface area contributed by atoms with Crippen molar-refractivity contribution in [3.63, 3.8) is 0 Å². The van der Waals surface area contributed by atoms with E-state index in [2.05, 4.69) is 4.74 Å². The SMILES string of the molecule is CC[C@](CCC(=O)OC)([C@H](C)C(=O)N(C)OC)[N+](=O)[O-]. The first-order valence-electron chi connectivity index (χ1n) is 6.29. The largest absolute Gasteiger partial charge is 0.469 e. The number of nitro groups is 1. The van der Waals surface area contributed by atoms with Gasteiger partial charge in [-0.1, -0.05) is 6.92 Å². The van der Waals surface area contributed by atoms with E-state index in [-0.39, 0.29) is 19.3 Å². The molecule has 0 radical (unpaired) electrons. The Bertz CT molecular complexity index is 373. The van der Waals surface area contributed by atoms with Crippen LogP contribution in [0.2, 0.25) is 0 Å². The Morgan fingerprint density at radius 1 is 1.40 bits per heavy atom. The molecular weight excluding hydrogens is 268 g/mol. The van der Waals surface area contributed by atoms with Crippen molar-refractivity contribution in [2.75, 3.05) is 21.3 Å². The minimum Gasteiger partial charge on any atom is -0.469 e. The molecule has 0 saturated carbocycles. The Balaban J connectivity index is 5.26. The molecule has 1 amide bonds. The van der Waals surface area contributed by atoms with Crippen molar-refractivity contribution in [2.45, 2.75) is 38.6 Å². The minimum atomic E-state index is -1.52. The van der Waals surface area contributed by atoms with Gasteiger partial charge >= 0.3 is 5.97 Å². The molecule has 116 valence electrons. The third kappa shape index (κ3) is 3.89. The number of methoxy groups -OCH3 is 1. The van der Waals surface area contributed by atoms with E-state index in [4.69, 9.17) is 4.84 Å². The molecule has 8 heteroatoms. The summed E-state index contributed by atoms with van der Waals surface area (Å²) in [5.41, 5.74) is -1.52. The lowest BCUT2D eigenvalue weighted by Gasteiger charge is -2.30. The van der Waals surface area contributed by atoms with Gasteiger partial charge in [-0.15, -0.1) is 0 Å². The van der Waals surface area contributed by atoms with Gasteiger partial charge in [-0.25, -0.2) is 5.06 Å². The highest BCUT2D eigenvalue weighted by Gasteiger charge is 2.50. The molecule has 0 spiro atoms. The van der Waals surface area contributed by atoms with Crippen LogP contribution >= 0.6 is 0 Å². The zero-order valence-electron chi connectivity index (χ0n) is 12.5. The molecule has 20 heavy (non-hydrogen) atoms. The fourth-order valence-electron chi connectivity index (χ4n) is 2.09. The number of hydrogen-bond donors (Lipinski definition) is 0. The van der Waals surface area contributed by atoms with Gasteiger partial charge in [-0.3, -0.25) is 24.5 Å². The molecule has 0 aromatic rings. The van der Waals surface area contributed by atoms with Crippen molar-refractivity contribution in [3.8, 4) is 0 Å². The predicted octanol–water partition coefficient (Wildman–Crippen LogP) is 1.02. The highest BCUT2D eigenvalue weighted by Crippen LogP contribution is 2.32. The Morgan fingerprint density at radius 2 is 1.95 bits per heavy atom. The lowest BCUT2D eigenvalue weighted by atomic mass is 9.79. The first-order valence-corrected chi connectivity index (χ1v) is 6.29. The highest BCUT2D eigenvalue weighted by atomic mass is 16.7. The predicted molar refractivity (Wildman–Crippen MR) is 70.2 cm³/mol. The number of hydrogen-bond acceptors (Lipinski definition) is 6. The summed E-state index contributed by atoms with van der Waals surface area (Å²) in [7, 11) is 3.91. The Morgan fingerprint density at radius 3 is 2.30 bits per heavy atom. The summed E-state index contributed by atoms with van der Waals surface area (Å²) in [6.45, 7) is 3.10. The van der Waals surface area contributed by atoms with Crippen molar-refractivity contribution < 1.29 is 24.1 Å². The number of hydroxylamine groups is 2. The lowest BCUT2D eigenvalue weighted by Crippen LogP contribution is -2.51. The number of carbonyl (C=O) groups is 2. The highest BCUT2D eigenvalue weighted by molar-refractivity contribution is 5.78. The van der Waals surface area contributed by atoms with Crippen molar-refractivity contribution in [1.29, 1.82) is 0 Å². The van der Waals surface area contributed by atoms with Gasteiger partial charge in [0.25, 0.3) is 5.91 Å². The van der Waals surface area contributed by atoms with Crippen LogP contribution in [0.1, 0.15) is 33.1 Å². The number of esters is 1. The van der Waals surface area contributed by atoms with Crippen LogP contribution in [0, 0.1) is 16.0 Å². The van der Waals surface area contributed by atoms with Crippen LogP contribution in [0.4, 0.5) is 0 Å². The molecule has 0 rings (SSSR count). The van der Waals surface area contributed by atoms with E-state index in [1.807, 2.05) is 0 Å². The van der Waals surface area contributed by atoms with E-state index in [0.717, 1.165) is 5.06 Å².